The molecule has 0 saturated carbocycles. The molecule has 0 N–H and O–H groups in total. The molecular weight excluding hydrogens is 246 g/mol. The summed E-state index contributed by atoms with van der Waals surface area (Å²) in [7, 11) is 2.91. The number of nitrogens with zero attached hydrogens (tertiary/aromatic N) is 1. The Kier molecular flexibility index (Phi) is 6.02. The fraction of sp³-hybridized carbons (Fsp3) is 0.429. The van der Waals surface area contributed by atoms with E-state index in [1.165, 1.54) is 12.0 Å². The molecule has 0 aliphatic carbocycles. The number of amides is 1. The first-order valence-corrected chi connectivity index (χ1v) is 6.06. The molecule has 19 heavy (non-hydrogen) atoms. The third-order valence-corrected chi connectivity index (χ3v) is 2.70. The number of likely N-dealkylation sites (N-methyl/N-ethyl adjacent to an activating group) is 1. The van der Waals surface area contributed by atoms with Gasteiger partial charge in [0.25, 0.3) is 5.91 Å². The molecule has 0 aliphatic heterocycles. The van der Waals surface area contributed by atoms with Gasteiger partial charge < -0.3 is 14.4 Å². The Balaban J connectivity index is 2.84. The van der Waals surface area contributed by atoms with E-state index >= 15 is 0 Å². The van der Waals surface area contributed by atoms with Crippen molar-refractivity contribution < 1.29 is 19.1 Å². The van der Waals surface area contributed by atoms with E-state index in [0.717, 1.165) is 5.56 Å². The maximum absolute atomic E-state index is 12.3. The van der Waals surface area contributed by atoms with Gasteiger partial charge in [0.15, 0.2) is 0 Å². The first-order valence-electron chi connectivity index (χ1n) is 6.06. The molecule has 1 aromatic carbocycles. The van der Waals surface area contributed by atoms with Crippen molar-refractivity contribution in [2.24, 2.45) is 0 Å². The lowest BCUT2D eigenvalue weighted by atomic mass is 10.1. The smallest absolute Gasteiger partial charge is 0.325 e. The van der Waals surface area contributed by atoms with E-state index in [0.29, 0.717) is 18.7 Å². The topological polar surface area (TPSA) is 55.8 Å². The second kappa shape index (κ2) is 7.53. The molecule has 0 bridgehead atoms. The molecule has 0 unspecified atom stereocenters. The molecule has 0 atom stereocenters. The van der Waals surface area contributed by atoms with Gasteiger partial charge in [-0.3, -0.25) is 9.59 Å². The molecule has 0 aliphatic rings. The Morgan fingerprint density at radius 1 is 1.26 bits per heavy atom. The number of hydrogen-bond acceptors (Lipinski definition) is 4. The summed E-state index contributed by atoms with van der Waals surface area (Å²) >= 11 is 0. The maximum atomic E-state index is 12.3. The van der Waals surface area contributed by atoms with Crippen LogP contribution in [-0.4, -0.2) is 44.1 Å². The minimum atomic E-state index is -0.428. The summed E-state index contributed by atoms with van der Waals surface area (Å²) in [6.07, 6.45) is 0. The monoisotopic (exact) mass is 265 g/mol. The lowest BCUT2D eigenvalue weighted by molar-refractivity contribution is -0.141. The Bertz CT molecular complexity index is 445. The number of benzene rings is 1. The minimum Gasteiger partial charge on any atom is -0.468 e. The van der Waals surface area contributed by atoms with Crippen molar-refractivity contribution in [1.29, 1.82) is 0 Å². The van der Waals surface area contributed by atoms with Crippen molar-refractivity contribution in [3.63, 3.8) is 0 Å². The second-order valence-corrected chi connectivity index (χ2v) is 4.03. The van der Waals surface area contributed by atoms with Crippen LogP contribution in [0.1, 0.15) is 22.8 Å². The Morgan fingerprint density at radius 2 is 2.00 bits per heavy atom. The summed E-state index contributed by atoms with van der Waals surface area (Å²) < 4.78 is 9.61. The molecule has 0 saturated heterocycles. The summed E-state index contributed by atoms with van der Waals surface area (Å²) in [6.45, 7) is 2.67. The number of carbonyl (C=O) groups is 2. The predicted molar refractivity (Wildman–Crippen MR) is 70.7 cm³/mol. The van der Waals surface area contributed by atoms with Gasteiger partial charge in [-0.2, -0.15) is 0 Å². The lowest BCUT2D eigenvalue weighted by Crippen LogP contribution is -2.36. The Morgan fingerprint density at radius 3 is 2.58 bits per heavy atom. The molecule has 0 aromatic heterocycles. The van der Waals surface area contributed by atoms with Crippen molar-refractivity contribution in [3.8, 4) is 0 Å². The highest BCUT2D eigenvalue weighted by atomic mass is 16.5. The van der Waals surface area contributed by atoms with E-state index in [-0.39, 0.29) is 12.5 Å². The van der Waals surface area contributed by atoms with Crippen molar-refractivity contribution in [1.82, 2.24) is 4.90 Å². The van der Waals surface area contributed by atoms with Gasteiger partial charge in [-0.1, -0.05) is 12.1 Å². The largest absolute Gasteiger partial charge is 0.468 e. The highest BCUT2D eigenvalue weighted by Gasteiger charge is 2.17. The molecule has 0 radical (unpaired) electrons. The highest BCUT2D eigenvalue weighted by molar-refractivity contribution is 5.96. The van der Waals surface area contributed by atoms with Crippen LogP contribution >= 0.6 is 0 Å². The Hall–Kier alpha value is -1.88. The average molecular weight is 265 g/mol. The van der Waals surface area contributed by atoms with Gasteiger partial charge in [0.05, 0.1) is 13.7 Å². The number of carbonyl (C=O) groups excluding carboxylic acids is 2. The molecular formula is C14H19NO4. The number of rotatable bonds is 6. The van der Waals surface area contributed by atoms with Crippen LogP contribution in [0.15, 0.2) is 24.3 Å². The number of ether oxygens (including phenoxy) is 2. The van der Waals surface area contributed by atoms with E-state index in [4.69, 9.17) is 4.74 Å². The van der Waals surface area contributed by atoms with Crippen LogP contribution in [0.25, 0.3) is 0 Å². The standard InChI is InChI=1S/C14H19NO4/c1-4-15(9-13(16)19-3)14(17)12-7-5-6-11(8-12)10-18-2/h5-8H,4,9-10H2,1-3H3. The van der Waals surface area contributed by atoms with Crippen LogP contribution in [0.4, 0.5) is 0 Å². The van der Waals surface area contributed by atoms with Gasteiger partial charge in [-0.05, 0) is 24.6 Å². The quantitative estimate of drug-likeness (QED) is 0.731. The maximum Gasteiger partial charge on any atom is 0.325 e. The van der Waals surface area contributed by atoms with Crippen molar-refractivity contribution >= 4 is 11.9 Å². The summed E-state index contributed by atoms with van der Waals surface area (Å²) in [5.74, 6) is -0.617. The van der Waals surface area contributed by atoms with Crippen LogP contribution in [0.3, 0.4) is 0 Å². The SMILES string of the molecule is CCN(CC(=O)OC)C(=O)c1cccc(COC)c1. The van der Waals surface area contributed by atoms with Gasteiger partial charge in [0, 0.05) is 19.2 Å². The fourth-order valence-corrected chi connectivity index (χ4v) is 1.69. The molecule has 1 rings (SSSR count). The molecule has 5 nitrogen and oxygen atoms in total. The van der Waals surface area contributed by atoms with E-state index in [1.54, 1.807) is 25.3 Å². The van der Waals surface area contributed by atoms with Crippen molar-refractivity contribution in [2.45, 2.75) is 13.5 Å². The number of methoxy groups -OCH3 is 2. The molecule has 0 fully saturated rings. The van der Waals surface area contributed by atoms with Gasteiger partial charge >= 0.3 is 5.97 Å². The summed E-state index contributed by atoms with van der Waals surface area (Å²) in [5.41, 5.74) is 1.46. The van der Waals surface area contributed by atoms with Crippen LogP contribution in [0.5, 0.6) is 0 Å². The van der Waals surface area contributed by atoms with Crippen molar-refractivity contribution in [3.05, 3.63) is 35.4 Å². The third kappa shape index (κ3) is 4.37. The number of esters is 1. The Labute approximate surface area is 113 Å². The van der Waals surface area contributed by atoms with E-state index in [2.05, 4.69) is 4.74 Å². The van der Waals surface area contributed by atoms with Crippen LogP contribution < -0.4 is 0 Å². The molecule has 104 valence electrons. The minimum absolute atomic E-state index is 0.0413. The van der Waals surface area contributed by atoms with Crippen molar-refractivity contribution in [2.75, 3.05) is 27.3 Å². The first kappa shape index (κ1) is 15.2. The molecule has 1 amide bonds. The summed E-state index contributed by atoms with van der Waals surface area (Å²) in [4.78, 5) is 25.0. The number of hydrogen-bond donors (Lipinski definition) is 0. The van der Waals surface area contributed by atoms with Crippen LogP contribution in [0.2, 0.25) is 0 Å². The fourth-order valence-electron chi connectivity index (χ4n) is 1.69. The molecule has 0 spiro atoms. The third-order valence-electron chi connectivity index (χ3n) is 2.70. The summed E-state index contributed by atoms with van der Waals surface area (Å²) in [6, 6.07) is 7.18. The van der Waals surface area contributed by atoms with Gasteiger partial charge in [0.2, 0.25) is 0 Å². The van der Waals surface area contributed by atoms with Gasteiger partial charge in [-0.25, -0.2) is 0 Å². The molecule has 5 heteroatoms. The normalized spacial score (nSPS) is 10.1. The van der Waals surface area contributed by atoms with Gasteiger partial charge in [-0.15, -0.1) is 0 Å². The first-order chi connectivity index (χ1) is 9.12. The predicted octanol–water partition coefficient (Wildman–Crippen LogP) is 1.47. The lowest BCUT2D eigenvalue weighted by Gasteiger charge is -2.19. The second-order valence-electron chi connectivity index (χ2n) is 4.03. The zero-order valence-corrected chi connectivity index (χ0v) is 11.5. The van der Waals surface area contributed by atoms with Crippen LogP contribution in [-0.2, 0) is 20.9 Å². The van der Waals surface area contributed by atoms with Gasteiger partial charge in [0.1, 0.15) is 6.54 Å². The zero-order valence-electron chi connectivity index (χ0n) is 11.5. The van der Waals surface area contributed by atoms with E-state index in [9.17, 15) is 9.59 Å². The highest BCUT2D eigenvalue weighted by Crippen LogP contribution is 2.09. The zero-order chi connectivity index (χ0) is 14.3. The summed E-state index contributed by atoms with van der Waals surface area (Å²) in [5, 5.41) is 0. The van der Waals surface area contributed by atoms with E-state index < -0.39 is 5.97 Å². The molecule has 1 aromatic rings. The van der Waals surface area contributed by atoms with Crippen LogP contribution in [0, 0.1) is 0 Å². The average Bonchev–Trinajstić information content (AvgIpc) is 2.44. The van der Waals surface area contributed by atoms with E-state index in [1.807, 2.05) is 13.0 Å². The molecule has 0 heterocycles.